The van der Waals surface area contributed by atoms with E-state index in [0.717, 1.165) is 11.1 Å². The second kappa shape index (κ2) is 6.56. The van der Waals surface area contributed by atoms with Gasteiger partial charge in [-0.25, -0.2) is 4.79 Å². The third kappa shape index (κ3) is 3.24. The van der Waals surface area contributed by atoms with Gasteiger partial charge in [-0.2, -0.15) is 4.98 Å². The van der Waals surface area contributed by atoms with Crippen LogP contribution in [0.25, 0.3) is 22.4 Å². The largest absolute Gasteiger partial charge is 0.343 e. The van der Waals surface area contributed by atoms with Gasteiger partial charge in [0.15, 0.2) is 0 Å². The monoisotopic (exact) mass is 363 g/mol. The highest BCUT2D eigenvalue weighted by Crippen LogP contribution is 2.20. The van der Waals surface area contributed by atoms with Crippen LogP contribution in [0.4, 0.5) is 0 Å². The minimum absolute atomic E-state index is 0.129. The van der Waals surface area contributed by atoms with Crippen molar-refractivity contribution in [1.82, 2.24) is 25.0 Å². The fourth-order valence-electron chi connectivity index (χ4n) is 2.78. The zero-order chi connectivity index (χ0) is 19.0. The van der Waals surface area contributed by atoms with Crippen molar-refractivity contribution in [1.29, 1.82) is 0 Å². The Hall–Kier alpha value is -3.68. The maximum atomic E-state index is 12.1. The lowest BCUT2D eigenvalue weighted by Crippen LogP contribution is -2.22. The number of amides is 1. The third-order valence-corrected chi connectivity index (χ3v) is 4.34. The van der Waals surface area contributed by atoms with Crippen LogP contribution in [0.3, 0.4) is 0 Å². The fourth-order valence-corrected chi connectivity index (χ4v) is 2.78. The summed E-state index contributed by atoms with van der Waals surface area (Å²) in [6.07, 6.45) is 0. The summed E-state index contributed by atoms with van der Waals surface area (Å²) in [5.74, 6) is 0.478. The van der Waals surface area contributed by atoms with Crippen LogP contribution in [0.2, 0.25) is 0 Å². The predicted molar refractivity (Wildman–Crippen MR) is 99.2 cm³/mol. The third-order valence-electron chi connectivity index (χ3n) is 4.34. The van der Waals surface area contributed by atoms with E-state index < -0.39 is 0 Å². The normalized spacial score (nSPS) is 11.0. The predicted octanol–water partition coefficient (Wildman–Crippen LogP) is 2.16. The second-order valence-corrected chi connectivity index (χ2v) is 6.28. The number of imidazole rings is 1. The minimum Gasteiger partial charge on any atom is -0.343 e. The highest BCUT2D eigenvalue weighted by atomic mass is 16.5. The van der Waals surface area contributed by atoms with Crippen LogP contribution in [0, 0.1) is 6.92 Å². The maximum absolute atomic E-state index is 12.1. The molecule has 0 saturated heterocycles. The standard InChI is InChI=1S/C19H17N5O3/c1-11-3-5-12(6-4-11)18(25)20-10-16-22-17(23-27-16)13-7-8-15-14(9-13)21-19(26)24(15)2/h3-9H,10H2,1-2H3,(H,20,25)(H,21,26). The molecule has 0 saturated carbocycles. The Kier molecular flexibility index (Phi) is 4.08. The summed E-state index contributed by atoms with van der Waals surface area (Å²) in [7, 11) is 1.70. The molecule has 4 aromatic rings. The van der Waals surface area contributed by atoms with Gasteiger partial charge in [0.2, 0.25) is 11.7 Å². The van der Waals surface area contributed by atoms with Crippen molar-refractivity contribution in [2.45, 2.75) is 13.5 Å². The van der Waals surface area contributed by atoms with Gasteiger partial charge in [-0.05, 0) is 37.3 Å². The van der Waals surface area contributed by atoms with Crippen LogP contribution in [0.1, 0.15) is 21.8 Å². The SMILES string of the molecule is Cc1ccc(C(=O)NCc2nc(-c3ccc4c(c3)[nH]c(=O)n4C)no2)cc1. The number of aromatic nitrogens is 4. The number of nitrogens with one attached hydrogen (secondary N) is 2. The summed E-state index contributed by atoms with van der Waals surface area (Å²) >= 11 is 0. The fraction of sp³-hybridized carbons (Fsp3) is 0.158. The Morgan fingerprint density at radius 1 is 1.22 bits per heavy atom. The number of rotatable bonds is 4. The summed E-state index contributed by atoms with van der Waals surface area (Å²) in [5.41, 5.74) is 3.67. The van der Waals surface area contributed by atoms with Gasteiger partial charge in [-0.3, -0.25) is 9.36 Å². The van der Waals surface area contributed by atoms with Crippen LogP contribution in [0.5, 0.6) is 0 Å². The average Bonchev–Trinajstić information content (AvgIpc) is 3.25. The van der Waals surface area contributed by atoms with E-state index in [-0.39, 0.29) is 18.1 Å². The zero-order valence-electron chi connectivity index (χ0n) is 14.8. The summed E-state index contributed by atoms with van der Waals surface area (Å²) in [6, 6.07) is 12.7. The molecular weight excluding hydrogens is 346 g/mol. The molecule has 0 aliphatic heterocycles. The molecule has 1 amide bonds. The first-order valence-electron chi connectivity index (χ1n) is 8.38. The van der Waals surface area contributed by atoms with Crippen LogP contribution in [0.15, 0.2) is 51.8 Å². The van der Waals surface area contributed by atoms with Crippen molar-refractivity contribution in [3.05, 3.63) is 70.0 Å². The first-order chi connectivity index (χ1) is 13.0. The van der Waals surface area contributed by atoms with Crippen LogP contribution >= 0.6 is 0 Å². The van der Waals surface area contributed by atoms with Crippen LogP contribution in [-0.4, -0.2) is 25.6 Å². The van der Waals surface area contributed by atoms with Crippen molar-refractivity contribution >= 4 is 16.9 Å². The van der Waals surface area contributed by atoms with E-state index in [4.69, 9.17) is 4.52 Å². The van der Waals surface area contributed by atoms with Crippen molar-refractivity contribution < 1.29 is 9.32 Å². The van der Waals surface area contributed by atoms with E-state index in [1.807, 2.05) is 31.2 Å². The Bertz CT molecular complexity index is 1180. The highest BCUT2D eigenvalue weighted by Gasteiger charge is 2.12. The molecule has 8 nitrogen and oxygen atoms in total. The van der Waals surface area contributed by atoms with Gasteiger partial charge in [0.05, 0.1) is 17.6 Å². The molecule has 4 rings (SSSR count). The molecule has 0 aliphatic rings. The first kappa shape index (κ1) is 16.8. The molecular formula is C19H17N5O3. The Morgan fingerprint density at radius 3 is 2.78 bits per heavy atom. The first-order valence-corrected chi connectivity index (χ1v) is 8.38. The van der Waals surface area contributed by atoms with Gasteiger partial charge in [0.25, 0.3) is 5.91 Å². The molecule has 0 atom stereocenters. The Balaban J connectivity index is 1.49. The van der Waals surface area contributed by atoms with E-state index in [9.17, 15) is 9.59 Å². The number of carbonyl (C=O) groups excluding carboxylic acids is 1. The molecule has 2 heterocycles. The molecule has 0 spiro atoms. The topological polar surface area (TPSA) is 106 Å². The van der Waals surface area contributed by atoms with Gasteiger partial charge in [-0.15, -0.1) is 0 Å². The second-order valence-electron chi connectivity index (χ2n) is 6.28. The molecule has 2 N–H and O–H groups in total. The van der Waals surface area contributed by atoms with Gasteiger partial charge in [-0.1, -0.05) is 22.9 Å². The lowest BCUT2D eigenvalue weighted by Gasteiger charge is -2.02. The number of carbonyl (C=O) groups is 1. The number of fused-ring (bicyclic) bond motifs is 1. The Labute approximate surface area is 153 Å². The number of hydrogen-bond donors (Lipinski definition) is 2. The summed E-state index contributed by atoms with van der Waals surface area (Å²) in [4.78, 5) is 30.9. The van der Waals surface area contributed by atoms with Crippen molar-refractivity contribution in [2.24, 2.45) is 7.05 Å². The Morgan fingerprint density at radius 2 is 2.00 bits per heavy atom. The lowest BCUT2D eigenvalue weighted by molar-refractivity contribution is 0.0946. The van der Waals surface area contributed by atoms with Crippen molar-refractivity contribution in [3.8, 4) is 11.4 Å². The molecule has 0 unspecified atom stereocenters. The lowest BCUT2D eigenvalue weighted by atomic mass is 10.1. The number of aromatic amines is 1. The van der Waals surface area contributed by atoms with Crippen molar-refractivity contribution in [3.63, 3.8) is 0 Å². The van der Waals surface area contributed by atoms with Crippen molar-refractivity contribution in [2.75, 3.05) is 0 Å². The molecule has 27 heavy (non-hydrogen) atoms. The number of benzene rings is 2. The van der Waals surface area contributed by atoms with E-state index in [1.54, 1.807) is 25.2 Å². The molecule has 0 fully saturated rings. The van der Waals surface area contributed by atoms with Gasteiger partial charge in [0, 0.05) is 18.2 Å². The smallest absolute Gasteiger partial charge is 0.326 e. The molecule has 0 aliphatic carbocycles. The average molecular weight is 363 g/mol. The molecule has 0 radical (unpaired) electrons. The van der Waals surface area contributed by atoms with Gasteiger partial charge in [0.1, 0.15) is 0 Å². The zero-order valence-corrected chi connectivity index (χ0v) is 14.8. The number of aryl methyl sites for hydroxylation is 2. The minimum atomic E-state index is -0.210. The summed E-state index contributed by atoms with van der Waals surface area (Å²) in [6.45, 7) is 2.09. The highest BCUT2D eigenvalue weighted by molar-refractivity contribution is 5.94. The molecule has 8 heteroatoms. The summed E-state index contributed by atoms with van der Waals surface area (Å²) in [5, 5.41) is 6.70. The van der Waals surface area contributed by atoms with E-state index in [0.29, 0.717) is 28.4 Å². The number of hydrogen-bond acceptors (Lipinski definition) is 5. The van der Waals surface area contributed by atoms with E-state index in [2.05, 4.69) is 20.4 Å². The van der Waals surface area contributed by atoms with Crippen LogP contribution in [-0.2, 0) is 13.6 Å². The molecule has 136 valence electrons. The quantitative estimate of drug-likeness (QED) is 0.578. The summed E-state index contributed by atoms with van der Waals surface area (Å²) < 4.78 is 6.74. The number of H-pyrrole nitrogens is 1. The van der Waals surface area contributed by atoms with Gasteiger partial charge >= 0.3 is 5.69 Å². The van der Waals surface area contributed by atoms with Gasteiger partial charge < -0.3 is 14.8 Å². The molecule has 0 bridgehead atoms. The number of nitrogens with zero attached hydrogens (tertiary/aromatic N) is 3. The molecule has 2 aromatic heterocycles. The van der Waals surface area contributed by atoms with Crippen LogP contribution < -0.4 is 11.0 Å². The maximum Gasteiger partial charge on any atom is 0.326 e. The van der Waals surface area contributed by atoms with E-state index in [1.165, 1.54) is 4.57 Å². The molecule has 2 aromatic carbocycles. The van der Waals surface area contributed by atoms with E-state index >= 15 is 0 Å².